The molecule has 0 aromatic rings. The Morgan fingerprint density at radius 1 is 1.06 bits per heavy atom. The molecule has 4 bridgehead atoms. The van der Waals surface area contributed by atoms with E-state index in [0.29, 0.717) is 0 Å². The maximum atomic E-state index is 12.5. The molecule has 0 heterocycles. The number of nitrogens with one attached hydrogen (secondary N) is 1. The zero-order chi connectivity index (χ0) is 12.8. The monoisotopic (exact) mass is 253 g/mol. The minimum atomic E-state index is -0.495. The molecule has 0 atom stereocenters. The second kappa shape index (κ2) is 4.49. The fourth-order valence-electron chi connectivity index (χ4n) is 4.88. The lowest BCUT2D eigenvalue weighted by Crippen LogP contribution is -2.56. The van der Waals surface area contributed by atoms with E-state index in [9.17, 15) is 4.79 Å². The van der Waals surface area contributed by atoms with E-state index in [2.05, 4.69) is 5.32 Å². The summed E-state index contributed by atoms with van der Waals surface area (Å²) in [6.45, 7) is -0.372. The van der Waals surface area contributed by atoms with E-state index in [0.717, 1.165) is 37.0 Å². The molecule has 102 valence electrons. The topological polar surface area (TPSA) is 69.6 Å². The number of rotatable bonds is 4. The number of amides is 1. The van der Waals surface area contributed by atoms with Crippen molar-refractivity contribution in [2.45, 2.75) is 44.6 Å². The number of hydrogen-bond acceptors (Lipinski definition) is 3. The quantitative estimate of drug-likeness (QED) is 0.690. The van der Waals surface area contributed by atoms with Gasteiger partial charge in [0.15, 0.2) is 0 Å². The van der Waals surface area contributed by atoms with Gasteiger partial charge in [-0.2, -0.15) is 0 Å². The summed E-state index contributed by atoms with van der Waals surface area (Å²) in [6.07, 6.45) is 7.01. The van der Waals surface area contributed by atoms with Crippen LogP contribution in [0.3, 0.4) is 0 Å². The van der Waals surface area contributed by atoms with Gasteiger partial charge >= 0.3 is 0 Å². The third-order valence-electron chi connectivity index (χ3n) is 5.30. The van der Waals surface area contributed by atoms with Crippen molar-refractivity contribution in [3.05, 3.63) is 0 Å². The summed E-state index contributed by atoms with van der Waals surface area (Å²) in [5.41, 5.74) is -0.183. The average molecular weight is 253 g/mol. The van der Waals surface area contributed by atoms with Gasteiger partial charge in [0.05, 0.1) is 19.3 Å². The zero-order valence-corrected chi connectivity index (χ0v) is 10.8. The van der Waals surface area contributed by atoms with Gasteiger partial charge in [-0.3, -0.25) is 4.79 Å². The summed E-state index contributed by atoms with van der Waals surface area (Å²) >= 11 is 0. The van der Waals surface area contributed by atoms with Crippen LogP contribution in [0.5, 0.6) is 0 Å². The third-order valence-corrected chi connectivity index (χ3v) is 5.30. The first-order valence-electron chi connectivity index (χ1n) is 7.18. The number of carbonyl (C=O) groups is 1. The lowest BCUT2D eigenvalue weighted by molar-refractivity contribution is -0.147. The Labute approximate surface area is 108 Å². The summed E-state index contributed by atoms with van der Waals surface area (Å²) in [5.74, 6) is 2.30. The maximum Gasteiger partial charge on any atom is 0.226 e. The lowest BCUT2D eigenvalue weighted by Gasteiger charge is -2.55. The molecule has 0 spiro atoms. The SMILES string of the molecule is O=C(NC(CO)CO)C12CC3CC(CC(C3)C1)C2. The van der Waals surface area contributed by atoms with Crippen LogP contribution in [0.2, 0.25) is 0 Å². The van der Waals surface area contributed by atoms with Crippen molar-refractivity contribution in [3.63, 3.8) is 0 Å². The van der Waals surface area contributed by atoms with Gasteiger partial charge in [-0.05, 0) is 56.3 Å². The fourth-order valence-corrected chi connectivity index (χ4v) is 4.88. The van der Waals surface area contributed by atoms with E-state index in [1.807, 2.05) is 0 Å². The Morgan fingerprint density at radius 2 is 1.50 bits per heavy atom. The second-order valence-electron chi connectivity index (χ2n) is 6.73. The van der Waals surface area contributed by atoms with E-state index in [1.165, 1.54) is 19.3 Å². The third kappa shape index (κ3) is 1.95. The molecule has 4 fully saturated rings. The van der Waals surface area contributed by atoms with Crippen LogP contribution in [0, 0.1) is 23.2 Å². The van der Waals surface area contributed by atoms with Crippen molar-refractivity contribution in [1.82, 2.24) is 5.32 Å². The van der Waals surface area contributed by atoms with E-state index < -0.39 is 6.04 Å². The van der Waals surface area contributed by atoms with Crippen molar-refractivity contribution in [2.24, 2.45) is 23.2 Å². The van der Waals surface area contributed by atoms with Crippen LogP contribution < -0.4 is 5.32 Å². The largest absolute Gasteiger partial charge is 0.394 e. The first-order chi connectivity index (χ1) is 8.65. The molecule has 0 aromatic heterocycles. The van der Waals surface area contributed by atoms with Crippen molar-refractivity contribution in [1.29, 1.82) is 0 Å². The van der Waals surface area contributed by atoms with Crippen molar-refractivity contribution >= 4 is 5.91 Å². The normalized spacial score (nSPS) is 41.4. The van der Waals surface area contributed by atoms with Crippen LogP contribution >= 0.6 is 0 Å². The molecule has 0 aliphatic heterocycles. The van der Waals surface area contributed by atoms with Gasteiger partial charge in [0.2, 0.25) is 5.91 Å². The van der Waals surface area contributed by atoms with Crippen molar-refractivity contribution in [2.75, 3.05) is 13.2 Å². The molecular formula is C14H23NO3. The zero-order valence-electron chi connectivity index (χ0n) is 10.8. The highest BCUT2D eigenvalue weighted by molar-refractivity contribution is 5.83. The summed E-state index contributed by atoms with van der Waals surface area (Å²) in [7, 11) is 0. The molecule has 0 unspecified atom stereocenters. The molecule has 4 saturated carbocycles. The maximum absolute atomic E-state index is 12.5. The lowest BCUT2D eigenvalue weighted by atomic mass is 9.49. The highest BCUT2D eigenvalue weighted by atomic mass is 16.3. The number of hydrogen-bond donors (Lipinski definition) is 3. The van der Waals surface area contributed by atoms with E-state index in [1.54, 1.807) is 0 Å². The van der Waals surface area contributed by atoms with Crippen molar-refractivity contribution in [3.8, 4) is 0 Å². The highest BCUT2D eigenvalue weighted by Crippen LogP contribution is 2.60. The molecule has 4 aliphatic rings. The first kappa shape index (κ1) is 12.4. The molecule has 0 radical (unpaired) electrons. The minimum absolute atomic E-state index is 0.0784. The molecule has 4 rings (SSSR count). The second-order valence-corrected chi connectivity index (χ2v) is 6.73. The van der Waals surface area contributed by atoms with Crippen LogP contribution in [0.25, 0.3) is 0 Å². The van der Waals surface area contributed by atoms with Gasteiger partial charge in [-0.25, -0.2) is 0 Å². The smallest absolute Gasteiger partial charge is 0.226 e. The molecular weight excluding hydrogens is 230 g/mol. The van der Waals surface area contributed by atoms with Crippen LogP contribution in [0.15, 0.2) is 0 Å². The summed E-state index contributed by atoms with van der Waals surface area (Å²) in [6, 6.07) is -0.495. The van der Waals surface area contributed by atoms with Crippen LogP contribution in [0.1, 0.15) is 38.5 Å². The summed E-state index contributed by atoms with van der Waals surface area (Å²) in [4.78, 5) is 12.5. The van der Waals surface area contributed by atoms with Crippen LogP contribution in [-0.4, -0.2) is 35.4 Å². The molecule has 4 heteroatoms. The molecule has 4 aliphatic carbocycles. The van der Waals surface area contributed by atoms with Gasteiger partial charge in [0.1, 0.15) is 0 Å². The van der Waals surface area contributed by atoms with Crippen molar-refractivity contribution < 1.29 is 15.0 Å². The van der Waals surface area contributed by atoms with E-state index >= 15 is 0 Å². The standard InChI is InChI=1S/C14H23NO3/c16-7-12(8-17)15-13(18)14-4-9-1-10(5-14)3-11(2-9)6-14/h9-12,16-17H,1-8H2,(H,15,18). The molecule has 18 heavy (non-hydrogen) atoms. The van der Waals surface area contributed by atoms with E-state index in [4.69, 9.17) is 10.2 Å². The van der Waals surface area contributed by atoms with Gasteiger partial charge in [0.25, 0.3) is 0 Å². The molecule has 4 nitrogen and oxygen atoms in total. The first-order valence-corrected chi connectivity index (χ1v) is 7.18. The van der Waals surface area contributed by atoms with E-state index in [-0.39, 0.29) is 24.5 Å². The van der Waals surface area contributed by atoms with Crippen LogP contribution in [-0.2, 0) is 4.79 Å². The predicted octanol–water partition coefficient (Wildman–Crippen LogP) is 0.672. The fraction of sp³-hybridized carbons (Fsp3) is 0.929. The number of aliphatic hydroxyl groups excluding tert-OH is 2. The van der Waals surface area contributed by atoms with Gasteiger partial charge in [0, 0.05) is 5.41 Å². The Bertz CT molecular complexity index is 303. The number of aliphatic hydroxyl groups is 2. The van der Waals surface area contributed by atoms with Crippen LogP contribution in [0.4, 0.5) is 0 Å². The molecule has 0 saturated heterocycles. The molecule has 0 aromatic carbocycles. The predicted molar refractivity (Wildman–Crippen MR) is 66.7 cm³/mol. The minimum Gasteiger partial charge on any atom is -0.394 e. The highest BCUT2D eigenvalue weighted by Gasteiger charge is 2.54. The molecule has 3 N–H and O–H groups in total. The molecule has 1 amide bonds. The number of carbonyl (C=O) groups excluding carboxylic acids is 1. The van der Waals surface area contributed by atoms with Gasteiger partial charge in [-0.1, -0.05) is 0 Å². The summed E-state index contributed by atoms with van der Waals surface area (Å²) in [5, 5.41) is 21.0. The average Bonchev–Trinajstić information content (AvgIpc) is 2.34. The summed E-state index contributed by atoms with van der Waals surface area (Å²) < 4.78 is 0. The van der Waals surface area contributed by atoms with Gasteiger partial charge in [-0.15, -0.1) is 0 Å². The Morgan fingerprint density at radius 3 is 1.89 bits per heavy atom. The Balaban J connectivity index is 1.73. The van der Waals surface area contributed by atoms with Gasteiger partial charge < -0.3 is 15.5 Å². The Hall–Kier alpha value is -0.610. The Kier molecular flexibility index (Phi) is 3.10.